The van der Waals surface area contributed by atoms with Crippen molar-refractivity contribution in [1.82, 2.24) is 9.97 Å². The van der Waals surface area contributed by atoms with Crippen LogP contribution in [0.1, 0.15) is 23.1 Å². The van der Waals surface area contributed by atoms with Crippen molar-refractivity contribution >= 4 is 11.6 Å². The van der Waals surface area contributed by atoms with Crippen molar-refractivity contribution in [3.05, 3.63) is 58.4 Å². The molecule has 104 valence electrons. The molecule has 3 rings (SSSR count). The van der Waals surface area contributed by atoms with Crippen LogP contribution < -0.4 is 0 Å². The molecule has 20 heavy (non-hydrogen) atoms. The molecule has 0 atom stereocenters. The topological polar surface area (TPSA) is 44.2 Å². The zero-order chi connectivity index (χ0) is 13.9. The first-order chi connectivity index (χ1) is 9.72. The summed E-state index contributed by atoms with van der Waals surface area (Å²) in [7, 11) is 0. The van der Waals surface area contributed by atoms with Crippen molar-refractivity contribution in [1.29, 1.82) is 0 Å². The van der Waals surface area contributed by atoms with Crippen molar-refractivity contribution in [3.8, 4) is 0 Å². The van der Waals surface area contributed by atoms with E-state index in [0.717, 1.165) is 16.8 Å². The summed E-state index contributed by atoms with van der Waals surface area (Å²) < 4.78 is 23.9. The minimum Gasteiger partial charge on any atom is -0.346 e. The Morgan fingerprint density at radius 1 is 1.20 bits per heavy atom. The number of nitrogens with zero attached hydrogens (tertiary/aromatic N) is 2. The number of halogens is 2. The average molecular weight is 295 g/mol. The second-order valence-corrected chi connectivity index (χ2v) is 4.76. The largest absolute Gasteiger partial charge is 0.346 e. The van der Waals surface area contributed by atoms with Crippen LogP contribution in [0.4, 0.5) is 4.39 Å². The first-order valence-corrected chi connectivity index (χ1v) is 6.59. The molecule has 4 nitrogen and oxygen atoms in total. The Hall–Kier alpha value is -1.56. The Kier molecular flexibility index (Phi) is 3.91. The Morgan fingerprint density at radius 2 is 1.90 bits per heavy atom. The van der Waals surface area contributed by atoms with Crippen molar-refractivity contribution in [2.75, 3.05) is 13.2 Å². The molecule has 0 unspecified atom stereocenters. The molecule has 1 saturated heterocycles. The summed E-state index contributed by atoms with van der Waals surface area (Å²) in [5.74, 6) is -0.267. The van der Waals surface area contributed by atoms with Gasteiger partial charge in [0.1, 0.15) is 5.82 Å². The van der Waals surface area contributed by atoms with Gasteiger partial charge < -0.3 is 9.47 Å². The molecule has 2 heterocycles. The zero-order valence-corrected chi connectivity index (χ0v) is 11.3. The van der Waals surface area contributed by atoms with Crippen molar-refractivity contribution < 1.29 is 13.9 Å². The summed E-state index contributed by atoms with van der Waals surface area (Å²) in [6, 6.07) is 6.26. The second kappa shape index (κ2) is 5.83. The van der Waals surface area contributed by atoms with Gasteiger partial charge in [-0.15, -0.1) is 0 Å². The van der Waals surface area contributed by atoms with E-state index < -0.39 is 6.29 Å². The third kappa shape index (κ3) is 2.95. The molecular weight excluding hydrogens is 283 g/mol. The van der Waals surface area contributed by atoms with Gasteiger partial charge in [0.15, 0.2) is 6.29 Å². The van der Waals surface area contributed by atoms with Crippen LogP contribution in [0.25, 0.3) is 0 Å². The van der Waals surface area contributed by atoms with E-state index in [4.69, 9.17) is 21.1 Å². The van der Waals surface area contributed by atoms with E-state index in [9.17, 15) is 4.39 Å². The maximum absolute atomic E-state index is 12.9. The van der Waals surface area contributed by atoms with E-state index in [0.29, 0.717) is 19.6 Å². The predicted molar refractivity (Wildman–Crippen MR) is 70.9 cm³/mol. The highest BCUT2D eigenvalue weighted by Gasteiger charge is 2.23. The third-order valence-electron chi connectivity index (χ3n) is 3.03. The van der Waals surface area contributed by atoms with Gasteiger partial charge in [0.05, 0.1) is 18.9 Å². The van der Waals surface area contributed by atoms with Crippen LogP contribution in [0, 0.1) is 5.82 Å². The molecule has 0 saturated carbocycles. The van der Waals surface area contributed by atoms with Crippen LogP contribution in [0.3, 0.4) is 0 Å². The fraction of sp³-hybridized carbons (Fsp3) is 0.286. The van der Waals surface area contributed by atoms with Gasteiger partial charge in [-0.1, -0.05) is 12.1 Å². The smallest absolute Gasteiger partial charge is 0.222 e. The summed E-state index contributed by atoms with van der Waals surface area (Å²) >= 11 is 5.85. The van der Waals surface area contributed by atoms with Crippen molar-refractivity contribution in [3.63, 3.8) is 0 Å². The van der Waals surface area contributed by atoms with E-state index in [1.807, 2.05) is 0 Å². The van der Waals surface area contributed by atoms with Gasteiger partial charge in [0.25, 0.3) is 0 Å². The minimum atomic E-state index is -0.456. The molecule has 1 fully saturated rings. The van der Waals surface area contributed by atoms with E-state index in [-0.39, 0.29) is 11.1 Å². The number of hydrogen-bond acceptors (Lipinski definition) is 4. The Bertz CT molecular complexity index is 601. The van der Waals surface area contributed by atoms with E-state index >= 15 is 0 Å². The Balaban J connectivity index is 1.90. The molecule has 1 aliphatic heterocycles. The molecule has 1 aliphatic rings. The third-order valence-corrected chi connectivity index (χ3v) is 3.21. The highest BCUT2D eigenvalue weighted by molar-refractivity contribution is 6.28. The molecular formula is C14H12ClFN2O2. The van der Waals surface area contributed by atoms with E-state index in [1.54, 1.807) is 18.3 Å². The van der Waals surface area contributed by atoms with E-state index in [2.05, 4.69) is 9.97 Å². The average Bonchev–Trinajstić information content (AvgIpc) is 2.95. The maximum Gasteiger partial charge on any atom is 0.222 e. The van der Waals surface area contributed by atoms with Crippen LogP contribution in [0.5, 0.6) is 0 Å². The normalized spacial score (nSPS) is 15.7. The van der Waals surface area contributed by atoms with Crippen LogP contribution in [0.2, 0.25) is 5.28 Å². The Labute approximate surface area is 120 Å². The molecule has 0 radical (unpaired) electrons. The van der Waals surface area contributed by atoms with Crippen molar-refractivity contribution in [2.45, 2.75) is 12.7 Å². The highest BCUT2D eigenvalue weighted by atomic mass is 35.5. The van der Waals surface area contributed by atoms with Crippen LogP contribution >= 0.6 is 11.6 Å². The fourth-order valence-electron chi connectivity index (χ4n) is 2.07. The molecule has 2 aromatic rings. The number of ether oxygens (including phenoxy) is 2. The fourth-order valence-corrected chi connectivity index (χ4v) is 2.22. The lowest BCUT2D eigenvalue weighted by Gasteiger charge is -2.13. The van der Waals surface area contributed by atoms with Gasteiger partial charge in [-0.2, -0.15) is 0 Å². The number of aromatic nitrogens is 2. The summed E-state index contributed by atoms with van der Waals surface area (Å²) in [4.78, 5) is 8.21. The summed E-state index contributed by atoms with van der Waals surface area (Å²) in [5.41, 5.74) is 2.42. The van der Waals surface area contributed by atoms with Crippen LogP contribution in [-0.4, -0.2) is 23.2 Å². The number of benzene rings is 1. The van der Waals surface area contributed by atoms with Gasteiger partial charge in [0.2, 0.25) is 5.28 Å². The van der Waals surface area contributed by atoms with E-state index in [1.165, 1.54) is 12.1 Å². The molecule has 0 spiro atoms. The van der Waals surface area contributed by atoms with Gasteiger partial charge in [0, 0.05) is 18.2 Å². The van der Waals surface area contributed by atoms with Gasteiger partial charge >= 0.3 is 0 Å². The number of hydrogen-bond donors (Lipinski definition) is 0. The molecule has 0 aliphatic carbocycles. The highest BCUT2D eigenvalue weighted by Crippen LogP contribution is 2.27. The van der Waals surface area contributed by atoms with Crippen LogP contribution in [-0.2, 0) is 15.9 Å². The first kappa shape index (κ1) is 13.4. The molecule has 1 aromatic heterocycles. The predicted octanol–water partition coefficient (Wildman–Crippen LogP) is 2.91. The first-order valence-electron chi connectivity index (χ1n) is 6.21. The van der Waals surface area contributed by atoms with Crippen LogP contribution in [0.15, 0.2) is 30.5 Å². The second-order valence-electron chi connectivity index (χ2n) is 4.42. The molecule has 1 aromatic carbocycles. The van der Waals surface area contributed by atoms with Gasteiger partial charge in [-0.05, 0) is 29.3 Å². The summed E-state index contributed by atoms with van der Waals surface area (Å²) in [6.07, 6.45) is 1.67. The van der Waals surface area contributed by atoms with Crippen molar-refractivity contribution in [2.24, 2.45) is 0 Å². The van der Waals surface area contributed by atoms with Gasteiger partial charge in [-0.3, -0.25) is 0 Å². The monoisotopic (exact) mass is 294 g/mol. The lowest BCUT2D eigenvalue weighted by atomic mass is 10.1. The summed E-state index contributed by atoms with van der Waals surface area (Å²) in [6.45, 7) is 1.09. The molecule has 6 heteroatoms. The molecule has 0 bridgehead atoms. The maximum atomic E-state index is 12.9. The Morgan fingerprint density at radius 3 is 2.60 bits per heavy atom. The van der Waals surface area contributed by atoms with Gasteiger partial charge in [-0.25, -0.2) is 14.4 Å². The molecule has 0 N–H and O–H groups in total. The SMILES string of the molecule is Fc1ccc(Cc2nc(Cl)ncc2C2OCCO2)cc1. The lowest BCUT2D eigenvalue weighted by molar-refractivity contribution is -0.0451. The minimum absolute atomic E-state index is 0.170. The number of rotatable bonds is 3. The zero-order valence-electron chi connectivity index (χ0n) is 10.6. The quantitative estimate of drug-likeness (QED) is 0.817. The molecule has 0 amide bonds. The summed E-state index contributed by atoms with van der Waals surface area (Å²) in [5, 5.41) is 0.170. The lowest BCUT2D eigenvalue weighted by Crippen LogP contribution is -2.07. The standard InChI is InChI=1S/C14H12ClFN2O2/c15-14-17-8-11(13-19-5-6-20-13)12(18-14)7-9-1-3-10(16)4-2-9/h1-4,8,13H,5-7H2.